The first-order valence-electron chi connectivity index (χ1n) is 5.23. The third kappa shape index (κ3) is 3.51. The summed E-state index contributed by atoms with van der Waals surface area (Å²) in [5.41, 5.74) is 0. The molecule has 5 heteroatoms. The van der Waals surface area contributed by atoms with E-state index in [0.29, 0.717) is 26.1 Å². The third-order valence-corrected chi connectivity index (χ3v) is 2.55. The first kappa shape index (κ1) is 12.0. The summed E-state index contributed by atoms with van der Waals surface area (Å²) in [6.07, 6.45) is 1.42. The van der Waals surface area contributed by atoms with E-state index in [-0.39, 0.29) is 12.5 Å². The molecule has 1 atom stereocenters. The molecule has 0 aromatic carbocycles. The maximum atomic E-state index is 11.5. The monoisotopic (exact) mass is 215 g/mol. The number of rotatable bonds is 4. The molecule has 1 aliphatic rings. The van der Waals surface area contributed by atoms with Gasteiger partial charge in [-0.15, -0.1) is 0 Å². The summed E-state index contributed by atoms with van der Waals surface area (Å²) in [6.45, 7) is 3.35. The molecule has 1 rings (SSSR count). The van der Waals surface area contributed by atoms with Crippen molar-refractivity contribution < 1.29 is 19.4 Å². The van der Waals surface area contributed by atoms with E-state index in [4.69, 9.17) is 9.84 Å². The molecule has 1 saturated heterocycles. The smallest absolute Gasteiger partial charge is 0.308 e. The predicted octanol–water partition coefficient (Wildman–Crippen LogP) is 0.346. The van der Waals surface area contributed by atoms with Crippen LogP contribution in [0.2, 0.25) is 0 Å². The number of carboxylic acid groups (broad SMARTS) is 1. The van der Waals surface area contributed by atoms with Gasteiger partial charge in [0.1, 0.15) is 6.61 Å². The molecule has 1 unspecified atom stereocenters. The lowest BCUT2D eigenvalue weighted by Gasteiger charge is -2.30. The van der Waals surface area contributed by atoms with Crippen LogP contribution >= 0.6 is 0 Å². The third-order valence-electron chi connectivity index (χ3n) is 2.55. The molecule has 1 aliphatic heterocycles. The largest absolute Gasteiger partial charge is 0.481 e. The second-order valence-corrected chi connectivity index (χ2v) is 3.65. The SMILES string of the molecule is CCOCC(=O)N1CCCC(C(=O)O)C1. The van der Waals surface area contributed by atoms with E-state index in [1.165, 1.54) is 0 Å². The lowest BCUT2D eigenvalue weighted by atomic mass is 9.98. The quantitative estimate of drug-likeness (QED) is 0.734. The van der Waals surface area contributed by atoms with Crippen molar-refractivity contribution in [2.24, 2.45) is 5.92 Å². The standard InChI is InChI=1S/C10H17NO4/c1-2-15-7-9(12)11-5-3-4-8(6-11)10(13)14/h8H,2-7H2,1H3,(H,13,14). The van der Waals surface area contributed by atoms with Gasteiger partial charge in [0.2, 0.25) is 5.91 Å². The van der Waals surface area contributed by atoms with Crippen LogP contribution in [0.25, 0.3) is 0 Å². The lowest BCUT2D eigenvalue weighted by molar-refractivity contribution is -0.146. The van der Waals surface area contributed by atoms with E-state index in [1.54, 1.807) is 4.90 Å². The zero-order valence-electron chi connectivity index (χ0n) is 8.94. The van der Waals surface area contributed by atoms with E-state index < -0.39 is 11.9 Å². The van der Waals surface area contributed by atoms with Gasteiger partial charge < -0.3 is 14.7 Å². The fourth-order valence-electron chi connectivity index (χ4n) is 1.69. The molecule has 5 nitrogen and oxygen atoms in total. The van der Waals surface area contributed by atoms with Crippen molar-refractivity contribution in [2.45, 2.75) is 19.8 Å². The van der Waals surface area contributed by atoms with Gasteiger partial charge in [0.25, 0.3) is 0 Å². The Morgan fingerprint density at radius 3 is 2.87 bits per heavy atom. The van der Waals surface area contributed by atoms with E-state index in [9.17, 15) is 9.59 Å². The van der Waals surface area contributed by atoms with Crippen molar-refractivity contribution in [1.82, 2.24) is 4.90 Å². The molecular weight excluding hydrogens is 198 g/mol. The maximum Gasteiger partial charge on any atom is 0.308 e. The fraction of sp³-hybridized carbons (Fsp3) is 0.800. The molecule has 0 saturated carbocycles. The molecule has 15 heavy (non-hydrogen) atoms. The van der Waals surface area contributed by atoms with Crippen molar-refractivity contribution in [1.29, 1.82) is 0 Å². The summed E-state index contributed by atoms with van der Waals surface area (Å²) in [6, 6.07) is 0. The van der Waals surface area contributed by atoms with Crippen LogP contribution in [0.15, 0.2) is 0 Å². The van der Waals surface area contributed by atoms with Crippen LogP contribution in [-0.4, -0.2) is 48.2 Å². The number of amides is 1. The van der Waals surface area contributed by atoms with Crippen molar-refractivity contribution in [3.63, 3.8) is 0 Å². The predicted molar refractivity (Wildman–Crippen MR) is 53.4 cm³/mol. The van der Waals surface area contributed by atoms with Gasteiger partial charge in [0.15, 0.2) is 0 Å². The number of hydrogen-bond donors (Lipinski definition) is 1. The van der Waals surface area contributed by atoms with E-state index in [2.05, 4.69) is 0 Å². The van der Waals surface area contributed by atoms with Gasteiger partial charge in [-0.2, -0.15) is 0 Å². The zero-order chi connectivity index (χ0) is 11.3. The summed E-state index contributed by atoms with van der Waals surface area (Å²) in [5.74, 6) is -1.34. The molecule has 0 spiro atoms. The van der Waals surface area contributed by atoms with Crippen molar-refractivity contribution in [3.05, 3.63) is 0 Å². The van der Waals surface area contributed by atoms with Crippen LogP contribution in [0.4, 0.5) is 0 Å². The lowest BCUT2D eigenvalue weighted by Crippen LogP contribution is -2.43. The number of carbonyl (C=O) groups is 2. The van der Waals surface area contributed by atoms with Gasteiger partial charge in [-0.3, -0.25) is 9.59 Å². The van der Waals surface area contributed by atoms with Crippen molar-refractivity contribution >= 4 is 11.9 Å². The van der Waals surface area contributed by atoms with E-state index >= 15 is 0 Å². The summed E-state index contributed by atoms with van der Waals surface area (Å²) < 4.78 is 5.01. The number of nitrogens with zero attached hydrogens (tertiary/aromatic N) is 1. The molecule has 1 fully saturated rings. The summed E-state index contributed by atoms with van der Waals surface area (Å²) in [7, 11) is 0. The maximum absolute atomic E-state index is 11.5. The Bertz CT molecular complexity index is 242. The molecule has 1 amide bonds. The molecular formula is C10H17NO4. The Morgan fingerprint density at radius 2 is 2.27 bits per heavy atom. The average molecular weight is 215 g/mol. The second kappa shape index (κ2) is 5.70. The van der Waals surface area contributed by atoms with E-state index in [1.807, 2.05) is 6.92 Å². The highest BCUT2D eigenvalue weighted by Crippen LogP contribution is 2.16. The zero-order valence-corrected chi connectivity index (χ0v) is 8.94. The highest BCUT2D eigenvalue weighted by molar-refractivity contribution is 5.79. The number of ether oxygens (including phenoxy) is 1. The van der Waals surface area contributed by atoms with Crippen LogP contribution in [-0.2, 0) is 14.3 Å². The molecule has 0 radical (unpaired) electrons. The molecule has 1 N–H and O–H groups in total. The van der Waals surface area contributed by atoms with Gasteiger partial charge >= 0.3 is 5.97 Å². The minimum atomic E-state index is -0.816. The first-order valence-corrected chi connectivity index (χ1v) is 5.23. The van der Waals surface area contributed by atoms with Gasteiger partial charge in [-0.05, 0) is 19.8 Å². The fourth-order valence-corrected chi connectivity index (χ4v) is 1.69. The van der Waals surface area contributed by atoms with Crippen LogP contribution in [0, 0.1) is 5.92 Å². The molecule has 1 heterocycles. The Balaban J connectivity index is 2.41. The van der Waals surface area contributed by atoms with Gasteiger partial charge in [0, 0.05) is 19.7 Å². The van der Waals surface area contributed by atoms with Crippen molar-refractivity contribution in [3.8, 4) is 0 Å². The Kier molecular flexibility index (Phi) is 4.55. The van der Waals surface area contributed by atoms with Gasteiger partial charge in [-0.1, -0.05) is 0 Å². The minimum Gasteiger partial charge on any atom is -0.481 e. The first-order chi connectivity index (χ1) is 7.15. The highest BCUT2D eigenvalue weighted by atomic mass is 16.5. The number of carboxylic acids is 1. The molecule has 0 aromatic rings. The number of piperidine rings is 1. The van der Waals surface area contributed by atoms with Gasteiger partial charge in [-0.25, -0.2) is 0 Å². The molecule has 86 valence electrons. The Hall–Kier alpha value is -1.10. The number of hydrogen-bond acceptors (Lipinski definition) is 3. The number of likely N-dealkylation sites (tertiary alicyclic amines) is 1. The minimum absolute atomic E-state index is 0.0584. The van der Waals surface area contributed by atoms with Crippen molar-refractivity contribution in [2.75, 3.05) is 26.3 Å². The topological polar surface area (TPSA) is 66.8 Å². The number of aliphatic carboxylic acids is 1. The Labute approximate surface area is 89.0 Å². The van der Waals surface area contributed by atoms with Crippen LogP contribution < -0.4 is 0 Å². The van der Waals surface area contributed by atoms with Crippen LogP contribution in [0.5, 0.6) is 0 Å². The average Bonchev–Trinajstić information content (AvgIpc) is 2.26. The second-order valence-electron chi connectivity index (χ2n) is 3.65. The van der Waals surface area contributed by atoms with E-state index in [0.717, 1.165) is 6.42 Å². The normalized spacial score (nSPS) is 21.4. The van der Waals surface area contributed by atoms with Crippen LogP contribution in [0.3, 0.4) is 0 Å². The molecule has 0 aromatic heterocycles. The highest BCUT2D eigenvalue weighted by Gasteiger charge is 2.27. The number of carbonyl (C=O) groups excluding carboxylic acids is 1. The van der Waals surface area contributed by atoms with Crippen LogP contribution in [0.1, 0.15) is 19.8 Å². The Morgan fingerprint density at radius 1 is 1.53 bits per heavy atom. The van der Waals surface area contributed by atoms with Gasteiger partial charge in [0.05, 0.1) is 5.92 Å². The summed E-state index contributed by atoms with van der Waals surface area (Å²) in [4.78, 5) is 23.9. The molecule has 0 aliphatic carbocycles. The molecule has 0 bridgehead atoms. The summed E-state index contributed by atoms with van der Waals surface area (Å²) >= 11 is 0. The summed E-state index contributed by atoms with van der Waals surface area (Å²) in [5, 5.41) is 8.84.